The van der Waals surface area contributed by atoms with Gasteiger partial charge in [-0.25, -0.2) is 9.78 Å². The van der Waals surface area contributed by atoms with Gasteiger partial charge in [0.15, 0.2) is 0 Å². The molecule has 0 amide bonds. The van der Waals surface area contributed by atoms with Crippen molar-refractivity contribution >= 4 is 33.8 Å². The SMILES string of the molecule is CCOC(=O)OCC(C)(C)OC(=O)CC[C@@H]1N=C(c2ccccn2)c2cc(Br)ccc2-n2c(C)cnc21. The number of hydrogen-bond donors (Lipinski definition) is 0. The molecule has 0 radical (unpaired) electrons. The number of halogens is 1. The van der Waals surface area contributed by atoms with Gasteiger partial charge >= 0.3 is 12.1 Å². The number of benzene rings is 1. The highest BCUT2D eigenvalue weighted by molar-refractivity contribution is 9.10. The number of aliphatic imine (C=N–C) groups is 1. The molecular formula is C27H29BrN4O5. The van der Waals surface area contributed by atoms with Crippen molar-refractivity contribution in [3.63, 3.8) is 0 Å². The van der Waals surface area contributed by atoms with Crippen molar-refractivity contribution in [3.8, 4) is 5.69 Å². The largest absolute Gasteiger partial charge is 0.508 e. The van der Waals surface area contributed by atoms with Gasteiger partial charge in [0.05, 0.1) is 23.7 Å². The van der Waals surface area contributed by atoms with E-state index < -0.39 is 23.8 Å². The molecule has 0 aliphatic carbocycles. The zero-order valence-corrected chi connectivity index (χ0v) is 22.8. The summed E-state index contributed by atoms with van der Waals surface area (Å²) in [5.74, 6) is 0.316. The first-order chi connectivity index (χ1) is 17.7. The molecule has 37 heavy (non-hydrogen) atoms. The zero-order chi connectivity index (χ0) is 26.6. The maximum atomic E-state index is 12.8. The third-order valence-corrected chi connectivity index (χ3v) is 6.22. The van der Waals surface area contributed by atoms with E-state index >= 15 is 0 Å². The lowest BCUT2D eigenvalue weighted by Gasteiger charge is -2.24. The van der Waals surface area contributed by atoms with E-state index in [1.807, 2.05) is 49.5 Å². The minimum Gasteiger partial charge on any atom is -0.456 e. The van der Waals surface area contributed by atoms with E-state index in [2.05, 4.69) is 30.5 Å². The Hall–Kier alpha value is -3.53. The first kappa shape index (κ1) is 26.5. The summed E-state index contributed by atoms with van der Waals surface area (Å²) < 4.78 is 18.4. The van der Waals surface area contributed by atoms with Gasteiger partial charge in [0, 0.05) is 34.5 Å². The van der Waals surface area contributed by atoms with E-state index in [4.69, 9.17) is 19.2 Å². The smallest absolute Gasteiger partial charge is 0.456 e. The van der Waals surface area contributed by atoms with Crippen LogP contribution in [0.1, 0.15) is 62.4 Å². The minimum absolute atomic E-state index is 0.0957. The molecule has 1 aromatic carbocycles. The summed E-state index contributed by atoms with van der Waals surface area (Å²) in [7, 11) is 0. The first-order valence-electron chi connectivity index (χ1n) is 12.0. The second-order valence-corrected chi connectivity index (χ2v) is 10.1. The Bertz CT molecular complexity index is 1320. The molecule has 1 aliphatic heterocycles. The van der Waals surface area contributed by atoms with Crippen LogP contribution in [0.4, 0.5) is 4.79 Å². The maximum absolute atomic E-state index is 12.8. The van der Waals surface area contributed by atoms with Gasteiger partial charge in [-0.15, -0.1) is 0 Å². The lowest BCUT2D eigenvalue weighted by molar-refractivity contribution is -0.161. The number of imidazole rings is 1. The van der Waals surface area contributed by atoms with E-state index in [-0.39, 0.29) is 19.6 Å². The van der Waals surface area contributed by atoms with Crippen LogP contribution < -0.4 is 0 Å². The Morgan fingerprint density at radius 2 is 1.95 bits per heavy atom. The van der Waals surface area contributed by atoms with Crippen LogP contribution in [0.5, 0.6) is 0 Å². The molecule has 0 bridgehead atoms. The summed E-state index contributed by atoms with van der Waals surface area (Å²) in [6.45, 7) is 7.13. The summed E-state index contributed by atoms with van der Waals surface area (Å²) >= 11 is 3.59. The molecule has 4 rings (SSSR count). The fourth-order valence-electron chi connectivity index (χ4n) is 4.12. The molecule has 0 saturated heterocycles. The lowest BCUT2D eigenvalue weighted by Crippen LogP contribution is -2.34. The van der Waals surface area contributed by atoms with E-state index in [9.17, 15) is 9.59 Å². The molecule has 0 N–H and O–H groups in total. The number of esters is 1. The summed E-state index contributed by atoms with van der Waals surface area (Å²) in [6.07, 6.45) is 3.21. The van der Waals surface area contributed by atoms with Crippen molar-refractivity contribution in [3.05, 3.63) is 76.0 Å². The zero-order valence-electron chi connectivity index (χ0n) is 21.2. The summed E-state index contributed by atoms with van der Waals surface area (Å²) in [5, 5.41) is 0. The lowest BCUT2D eigenvalue weighted by atomic mass is 10.0. The normalized spacial score (nSPS) is 14.6. The van der Waals surface area contributed by atoms with Gasteiger partial charge in [0.1, 0.15) is 24.1 Å². The Morgan fingerprint density at radius 3 is 2.68 bits per heavy atom. The predicted octanol–water partition coefficient (Wildman–Crippen LogP) is 5.51. The number of ether oxygens (including phenoxy) is 3. The van der Waals surface area contributed by atoms with Crippen molar-refractivity contribution in [2.24, 2.45) is 4.99 Å². The highest BCUT2D eigenvalue weighted by Crippen LogP contribution is 2.34. The Kier molecular flexibility index (Phi) is 8.06. The van der Waals surface area contributed by atoms with Crippen molar-refractivity contribution < 1.29 is 23.8 Å². The Labute approximate surface area is 224 Å². The summed E-state index contributed by atoms with van der Waals surface area (Å²) in [6, 6.07) is 11.3. The van der Waals surface area contributed by atoms with Crippen molar-refractivity contribution in [2.45, 2.75) is 52.2 Å². The van der Waals surface area contributed by atoms with Gasteiger partial charge in [-0.1, -0.05) is 22.0 Å². The van der Waals surface area contributed by atoms with E-state index in [0.29, 0.717) is 6.42 Å². The second-order valence-electron chi connectivity index (χ2n) is 9.21. The van der Waals surface area contributed by atoms with Crippen molar-refractivity contribution in [1.82, 2.24) is 14.5 Å². The van der Waals surface area contributed by atoms with Gasteiger partial charge in [0.25, 0.3) is 0 Å². The van der Waals surface area contributed by atoms with Crippen LogP contribution in [0, 0.1) is 6.92 Å². The van der Waals surface area contributed by atoms with Crippen molar-refractivity contribution in [1.29, 1.82) is 0 Å². The van der Waals surface area contributed by atoms with Crippen LogP contribution >= 0.6 is 15.9 Å². The maximum Gasteiger partial charge on any atom is 0.508 e. The fraction of sp³-hybridized carbons (Fsp3) is 0.370. The van der Waals surface area contributed by atoms with Crippen LogP contribution in [-0.4, -0.2) is 51.2 Å². The van der Waals surface area contributed by atoms with Gasteiger partial charge in [-0.2, -0.15) is 0 Å². The quantitative estimate of drug-likeness (QED) is 0.330. The number of pyridine rings is 1. The van der Waals surface area contributed by atoms with Crippen LogP contribution in [0.25, 0.3) is 5.69 Å². The van der Waals surface area contributed by atoms with Gasteiger partial charge in [-0.05, 0) is 64.4 Å². The first-order valence-corrected chi connectivity index (χ1v) is 12.8. The number of aryl methyl sites for hydroxylation is 1. The number of aromatic nitrogens is 3. The number of rotatable bonds is 8. The average molecular weight is 569 g/mol. The molecule has 0 fully saturated rings. The molecule has 3 aromatic rings. The van der Waals surface area contributed by atoms with Gasteiger partial charge < -0.3 is 14.2 Å². The van der Waals surface area contributed by atoms with Crippen molar-refractivity contribution in [2.75, 3.05) is 13.2 Å². The fourth-order valence-corrected chi connectivity index (χ4v) is 4.48. The van der Waals surface area contributed by atoms with Gasteiger partial charge in [-0.3, -0.25) is 19.3 Å². The van der Waals surface area contributed by atoms with Crippen LogP contribution in [0.2, 0.25) is 0 Å². The molecule has 3 heterocycles. The molecule has 1 atom stereocenters. The standard InChI is InChI=1S/C27H29BrN4O5/c1-5-35-26(34)36-16-27(3,4)37-23(33)12-10-21-25-30-15-17(2)32(25)22-11-9-18(28)14-19(22)24(31-21)20-8-6-7-13-29-20/h6-9,11,13-15,21H,5,10,12,16H2,1-4H3/t21-/m0/s1. The topological polar surface area (TPSA) is 105 Å². The summed E-state index contributed by atoms with van der Waals surface area (Å²) in [5.41, 5.74) is 3.27. The molecule has 0 saturated carbocycles. The second kappa shape index (κ2) is 11.2. The molecule has 2 aromatic heterocycles. The third kappa shape index (κ3) is 6.25. The van der Waals surface area contributed by atoms with Crippen LogP contribution in [0.3, 0.4) is 0 Å². The molecular weight excluding hydrogens is 540 g/mol. The van der Waals surface area contributed by atoms with Gasteiger partial charge in [0.2, 0.25) is 0 Å². The molecule has 0 unspecified atom stereocenters. The molecule has 0 spiro atoms. The average Bonchev–Trinajstić information content (AvgIpc) is 3.18. The highest BCUT2D eigenvalue weighted by Gasteiger charge is 2.30. The molecule has 10 heteroatoms. The minimum atomic E-state index is -1.01. The monoisotopic (exact) mass is 568 g/mol. The number of carbonyl (C=O) groups is 2. The number of nitrogens with zero attached hydrogens (tertiary/aromatic N) is 4. The molecule has 194 valence electrons. The predicted molar refractivity (Wildman–Crippen MR) is 141 cm³/mol. The number of fused-ring (bicyclic) bond motifs is 3. The number of hydrogen-bond acceptors (Lipinski definition) is 8. The molecule has 1 aliphatic rings. The Morgan fingerprint density at radius 1 is 1.14 bits per heavy atom. The third-order valence-electron chi connectivity index (χ3n) is 5.72. The molecule has 9 nitrogen and oxygen atoms in total. The van der Waals surface area contributed by atoms with E-state index in [1.54, 1.807) is 27.0 Å². The Balaban J connectivity index is 1.60. The van der Waals surface area contributed by atoms with Crippen LogP contribution in [-0.2, 0) is 19.0 Å². The summed E-state index contributed by atoms with van der Waals surface area (Å²) in [4.78, 5) is 38.6. The highest BCUT2D eigenvalue weighted by atomic mass is 79.9. The van der Waals surface area contributed by atoms with E-state index in [1.165, 1.54) is 0 Å². The number of carbonyl (C=O) groups excluding carboxylic acids is 2. The van der Waals surface area contributed by atoms with Crippen LogP contribution in [0.15, 0.2) is 58.3 Å². The van der Waals surface area contributed by atoms with E-state index in [0.717, 1.165) is 38.6 Å².